The lowest BCUT2D eigenvalue weighted by molar-refractivity contribution is -0.131. The van der Waals surface area contributed by atoms with Gasteiger partial charge in [0.15, 0.2) is 0 Å². The van der Waals surface area contributed by atoms with Crippen LogP contribution in [0, 0.1) is 0 Å². The Morgan fingerprint density at radius 1 is 1.45 bits per heavy atom. The molecule has 0 spiro atoms. The van der Waals surface area contributed by atoms with Gasteiger partial charge in [0.1, 0.15) is 0 Å². The monoisotopic (exact) mass is 305 g/mol. The van der Waals surface area contributed by atoms with Gasteiger partial charge < -0.3 is 14.4 Å². The number of carboxylic acids is 1. The fourth-order valence-corrected chi connectivity index (χ4v) is 2.71. The first-order chi connectivity index (χ1) is 10.3. The summed E-state index contributed by atoms with van der Waals surface area (Å²) in [7, 11) is 0. The quantitative estimate of drug-likeness (QED) is 0.867. The zero-order chi connectivity index (χ0) is 16.3. The molecule has 1 saturated heterocycles. The van der Waals surface area contributed by atoms with Crippen LogP contribution < -0.4 is 5.56 Å². The Kier molecular flexibility index (Phi) is 4.86. The van der Waals surface area contributed by atoms with Crippen LogP contribution in [0.2, 0.25) is 0 Å². The summed E-state index contributed by atoms with van der Waals surface area (Å²) in [6, 6.07) is 3.59. The van der Waals surface area contributed by atoms with Gasteiger partial charge in [-0.15, -0.1) is 0 Å². The van der Waals surface area contributed by atoms with Gasteiger partial charge >= 0.3 is 5.97 Å². The summed E-state index contributed by atoms with van der Waals surface area (Å²) >= 11 is 0. The fraction of sp³-hybridized carbons (Fsp3) is 0.529. The average molecular weight is 305 g/mol. The molecule has 0 aliphatic carbocycles. The van der Waals surface area contributed by atoms with Crippen LogP contribution in [0.1, 0.15) is 44.9 Å². The summed E-state index contributed by atoms with van der Waals surface area (Å²) in [4.78, 5) is 23.4. The highest BCUT2D eigenvalue weighted by molar-refractivity contribution is 5.85. The number of hydrogen-bond acceptors (Lipinski definition) is 3. The maximum absolute atomic E-state index is 12.7. The molecule has 1 unspecified atom stereocenters. The van der Waals surface area contributed by atoms with E-state index in [0.717, 1.165) is 31.2 Å². The summed E-state index contributed by atoms with van der Waals surface area (Å²) < 4.78 is 7.38. The molecule has 1 aliphatic heterocycles. The Labute approximate surface area is 130 Å². The van der Waals surface area contributed by atoms with Crippen molar-refractivity contribution < 1.29 is 14.6 Å². The molecule has 0 saturated carbocycles. The number of hydrogen-bond donors (Lipinski definition) is 1. The Bertz CT molecular complexity index is 631. The highest BCUT2D eigenvalue weighted by atomic mass is 16.5. The van der Waals surface area contributed by atoms with Crippen molar-refractivity contribution in [2.45, 2.75) is 51.7 Å². The predicted molar refractivity (Wildman–Crippen MR) is 85.0 cm³/mol. The van der Waals surface area contributed by atoms with Crippen LogP contribution >= 0.6 is 0 Å². The number of ether oxygens (including phenoxy) is 1. The molecule has 1 atom stereocenters. The van der Waals surface area contributed by atoms with Gasteiger partial charge in [-0.25, -0.2) is 4.79 Å². The normalized spacial score (nSPS) is 19.0. The van der Waals surface area contributed by atoms with E-state index in [9.17, 15) is 9.59 Å². The number of nitrogens with zero attached hydrogens (tertiary/aromatic N) is 1. The van der Waals surface area contributed by atoms with E-state index in [2.05, 4.69) is 20.8 Å². The molecule has 1 aliphatic rings. The first kappa shape index (κ1) is 16.5. The largest absolute Gasteiger partial charge is 0.478 e. The average Bonchev–Trinajstić information content (AvgIpc) is 2.91. The number of pyridine rings is 1. The summed E-state index contributed by atoms with van der Waals surface area (Å²) in [5.41, 5.74) is 0.974. The molecular formula is C17H23NO4. The summed E-state index contributed by atoms with van der Waals surface area (Å²) in [6.07, 6.45) is 4.36. The summed E-state index contributed by atoms with van der Waals surface area (Å²) in [5.74, 6) is -1.06. The van der Waals surface area contributed by atoms with Crippen molar-refractivity contribution in [1.82, 2.24) is 4.57 Å². The Morgan fingerprint density at radius 2 is 2.18 bits per heavy atom. The van der Waals surface area contributed by atoms with E-state index in [-0.39, 0.29) is 17.1 Å². The van der Waals surface area contributed by atoms with E-state index < -0.39 is 5.97 Å². The molecule has 0 aromatic carbocycles. The molecule has 2 heterocycles. The first-order valence-electron chi connectivity index (χ1n) is 7.56. The number of aromatic nitrogens is 1. The zero-order valence-electron chi connectivity index (χ0n) is 13.3. The van der Waals surface area contributed by atoms with Crippen molar-refractivity contribution in [2.24, 2.45) is 0 Å². The molecular weight excluding hydrogens is 282 g/mol. The Morgan fingerprint density at radius 3 is 2.73 bits per heavy atom. The lowest BCUT2D eigenvalue weighted by atomic mass is 9.90. The van der Waals surface area contributed by atoms with E-state index in [0.29, 0.717) is 12.1 Å². The molecule has 1 aromatic heterocycles. The third-order valence-corrected chi connectivity index (χ3v) is 3.79. The van der Waals surface area contributed by atoms with Gasteiger partial charge in [-0.1, -0.05) is 20.8 Å². The minimum Gasteiger partial charge on any atom is -0.478 e. The molecule has 1 fully saturated rings. The van der Waals surface area contributed by atoms with Crippen LogP contribution in [0.15, 0.2) is 23.0 Å². The number of rotatable bonds is 4. The van der Waals surface area contributed by atoms with Crippen molar-refractivity contribution in [1.29, 1.82) is 0 Å². The molecule has 0 radical (unpaired) electrons. The van der Waals surface area contributed by atoms with Crippen molar-refractivity contribution in [3.63, 3.8) is 0 Å². The van der Waals surface area contributed by atoms with Crippen LogP contribution in [-0.4, -0.2) is 28.4 Å². The van der Waals surface area contributed by atoms with E-state index in [4.69, 9.17) is 9.84 Å². The topological polar surface area (TPSA) is 68.5 Å². The van der Waals surface area contributed by atoms with Crippen LogP contribution in [0.5, 0.6) is 0 Å². The number of carbonyl (C=O) groups is 1. The van der Waals surface area contributed by atoms with Gasteiger partial charge in [-0.3, -0.25) is 4.79 Å². The predicted octanol–water partition coefficient (Wildman–Crippen LogP) is 2.42. The molecule has 0 bridgehead atoms. The van der Waals surface area contributed by atoms with Crippen LogP contribution in [0.3, 0.4) is 0 Å². The molecule has 0 amide bonds. The van der Waals surface area contributed by atoms with E-state index in [1.54, 1.807) is 10.6 Å². The smallest absolute Gasteiger partial charge is 0.328 e. The van der Waals surface area contributed by atoms with E-state index >= 15 is 0 Å². The molecule has 5 nitrogen and oxygen atoms in total. The summed E-state index contributed by atoms with van der Waals surface area (Å²) in [5, 5.41) is 8.73. The first-order valence-corrected chi connectivity index (χ1v) is 7.56. The lowest BCUT2D eigenvalue weighted by Gasteiger charge is -2.26. The highest BCUT2D eigenvalue weighted by Crippen LogP contribution is 2.23. The maximum Gasteiger partial charge on any atom is 0.328 e. The van der Waals surface area contributed by atoms with Gasteiger partial charge in [-0.05, 0) is 31.1 Å². The lowest BCUT2D eigenvalue weighted by Crippen LogP contribution is -2.34. The molecule has 1 aromatic rings. The third-order valence-electron chi connectivity index (χ3n) is 3.79. The SMILES string of the molecule is CC(C)(C)c1ccc(/C=C/C(=O)O)c(=O)n1CC1CCCO1. The van der Waals surface area contributed by atoms with Gasteiger partial charge in [-0.2, -0.15) is 0 Å². The second-order valence-corrected chi connectivity index (χ2v) is 6.65. The van der Waals surface area contributed by atoms with Crippen LogP contribution in [0.25, 0.3) is 6.08 Å². The standard InChI is InChI=1S/C17H23NO4/c1-17(2,3)14-8-6-12(7-9-15(19)20)16(21)18(14)11-13-5-4-10-22-13/h6-9,13H,4-5,10-11H2,1-3H3,(H,19,20)/b9-7+. The highest BCUT2D eigenvalue weighted by Gasteiger charge is 2.23. The molecule has 1 N–H and O–H groups in total. The van der Waals surface area contributed by atoms with Crippen molar-refractivity contribution >= 4 is 12.0 Å². The molecule has 22 heavy (non-hydrogen) atoms. The number of aliphatic carboxylic acids is 1. The molecule has 120 valence electrons. The second kappa shape index (κ2) is 6.48. The maximum atomic E-state index is 12.7. The van der Waals surface area contributed by atoms with Crippen molar-refractivity contribution in [3.05, 3.63) is 39.8 Å². The Hall–Kier alpha value is -1.88. The zero-order valence-corrected chi connectivity index (χ0v) is 13.3. The van der Waals surface area contributed by atoms with Crippen LogP contribution in [0.4, 0.5) is 0 Å². The van der Waals surface area contributed by atoms with E-state index in [1.807, 2.05) is 6.07 Å². The molecule has 2 rings (SSSR count). The third kappa shape index (κ3) is 3.85. The van der Waals surface area contributed by atoms with Crippen molar-refractivity contribution in [2.75, 3.05) is 6.61 Å². The van der Waals surface area contributed by atoms with E-state index in [1.165, 1.54) is 6.08 Å². The second-order valence-electron chi connectivity index (χ2n) is 6.65. The van der Waals surface area contributed by atoms with Crippen molar-refractivity contribution in [3.8, 4) is 0 Å². The Balaban J connectivity index is 2.46. The minimum absolute atomic E-state index is 0.0532. The fourth-order valence-electron chi connectivity index (χ4n) is 2.71. The summed E-state index contributed by atoms with van der Waals surface area (Å²) in [6.45, 7) is 7.42. The number of carboxylic acid groups (broad SMARTS) is 1. The van der Waals surface area contributed by atoms with Gasteiger partial charge in [0, 0.05) is 29.4 Å². The van der Waals surface area contributed by atoms with Gasteiger partial charge in [0.25, 0.3) is 5.56 Å². The van der Waals surface area contributed by atoms with Crippen LogP contribution in [-0.2, 0) is 21.5 Å². The van der Waals surface area contributed by atoms with Gasteiger partial charge in [0.05, 0.1) is 12.6 Å². The van der Waals surface area contributed by atoms with Gasteiger partial charge in [0.2, 0.25) is 0 Å². The molecule has 5 heteroatoms. The minimum atomic E-state index is -1.06.